The van der Waals surface area contributed by atoms with Gasteiger partial charge in [-0.1, -0.05) is 42.5 Å². The van der Waals surface area contributed by atoms with Crippen LogP contribution in [0.2, 0.25) is 0 Å². The first-order valence-corrected chi connectivity index (χ1v) is 8.44. The molecule has 0 aliphatic rings. The van der Waals surface area contributed by atoms with Crippen molar-refractivity contribution in [2.24, 2.45) is 0 Å². The minimum atomic E-state index is -0.741. The Morgan fingerprint density at radius 1 is 0.920 bits per heavy atom. The van der Waals surface area contributed by atoms with Crippen molar-refractivity contribution in [1.29, 1.82) is 0 Å². The van der Waals surface area contributed by atoms with Crippen molar-refractivity contribution in [3.05, 3.63) is 60.2 Å². The maximum atomic E-state index is 9.56. The summed E-state index contributed by atoms with van der Waals surface area (Å²) in [5.41, 5.74) is 2.01. The van der Waals surface area contributed by atoms with E-state index in [4.69, 9.17) is 4.42 Å². The predicted molar refractivity (Wildman–Crippen MR) is 101 cm³/mol. The molecule has 0 spiro atoms. The van der Waals surface area contributed by atoms with E-state index in [2.05, 4.69) is 29.6 Å². The molecular formula is C21H21NO3. The number of furan rings is 1. The van der Waals surface area contributed by atoms with Crippen LogP contribution < -0.4 is 5.32 Å². The molecular weight excluding hydrogens is 314 g/mol. The number of hydrogen-bond donors (Lipinski definition) is 3. The predicted octanol–water partition coefficient (Wildman–Crippen LogP) is 3.57. The van der Waals surface area contributed by atoms with Gasteiger partial charge in [-0.3, -0.25) is 0 Å². The second-order valence-electron chi connectivity index (χ2n) is 6.78. The van der Waals surface area contributed by atoms with Gasteiger partial charge in [0, 0.05) is 22.9 Å². The summed E-state index contributed by atoms with van der Waals surface area (Å²) in [6.45, 7) is 2.01. The number of nitrogens with one attached hydrogen (secondary N) is 1. The lowest BCUT2D eigenvalue weighted by Gasteiger charge is -2.26. The third kappa shape index (κ3) is 2.68. The van der Waals surface area contributed by atoms with E-state index < -0.39 is 5.54 Å². The van der Waals surface area contributed by atoms with Crippen LogP contribution in [0.3, 0.4) is 0 Å². The van der Waals surface area contributed by atoms with Gasteiger partial charge < -0.3 is 19.9 Å². The number of para-hydroxylation sites is 1. The zero-order chi connectivity index (χ0) is 17.4. The average Bonchev–Trinajstić information content (AvgIpc) is 3.03. The fourth-order valence-corrected chi connectivity index (χ4v) is 3.25. The van der Waals surface area contributed by atoms with Crippen LogP contribution in [-0.2, 0) is 6.54 Å². The van der Waals surface area contributed by atoms with Crippen molar-refractivity contribution in [2.75, 3.05) is 13.2 Å². The first-order chi connectivity index (χ1) is 12.1. The first kappa shape index (κ1) is 16.1. The molecule has 0 bridgehead atoms. The van der Waals surface area contributed by atoms with Gasteiger partial charge in [0.1, 0.15) is 11.2 Å². The van der Waals surface area contributed by atoms with Gasteiger partial charge in [0.2, 0.25) is 0 Å². The summed E-state index contributed by atoms with van der Waals surface area (Å²) in [6.07, 6.45) is 0. The summed E-state index contributed by atoms with van der Waals surface area (Å²) in [4.78, 5) is 0. The molecule has 0 saturated carbocycles. The quantitative estimate of drug-likeness (QED) is 0.522. The van der Waals surface area contributed by atoms with Gasteiger partial charge in [0.25, 0.3) is 0 Å². The molecule has 1 aromatic heterocycles. The minimum Gasteiger partial charge on any atom is -0.456 e. The van der Waals surface area contributed by atoms with Gasteiger partial charge >= 0.3 is 0 Å². The lowest BCUT2D eigenvalue weighted by atomic mass is 9.98. The molecule has 4 aromatic rings. The fourth-order valence-electron chi connectivity index (χ4n) is 3.25. The van der Waals surface area contributed by atoms with Crippen molar-refractivity contribution in [2.45, 2.75) is 19.0 Å². The molecule has 0 amide bonds. The third-order valence-corrected chi connectivity index (χ3v) is 4.88. The summed E-state index contributed by atoms with van der Waals surface area (Å²) < 4.78 is 6.16. The maximum Gasteiger partial charge on any atom is 0.140 e. The standard InChI is InChI=1S/C21H21NO3/c1-21(12-23,13-24)22-11-18-15-7-3-2-6-14(15)10-17-16-8-4-5-9-19(16)25-20(17)18/h2-10,22-24H,11-13H2,1H3. The second kappa shape index (κ2) is 6.15. The summed E-state index contributed by atoms with van der Waals surface area (Å²) >= 11 is 0. The summed E-state index contributed by atoms with van der Waals surface area (Å²) in [7, 11) is 0. The highest BCUT2D eigenvalue weighted by Gasteiger charge is 2.23. The van der Waals surface area contributed by atoms with Crippen molar-refractivity contribution in [3.63, 3.8) is 0 Å². The van der Waals surface area contributed by atoms with E-state index in [0.717, 1.165) is 38.3 Å². The fraction of sp³-hybridized carbons (Fsp3) is 0.238. The van der Waals surface area contributed by atoms with Crippen molar-refractivity contribution in [3.8, 4) is 0 Å². The summed E-state index contributed by atoms with van der Waals surface area (Å²) in [5, 5.41) is 26.8. The Morgan fingerprint density at radius 2 is 1.60 bits per heavy atom. The monoisotopic (exact) mass is 335 g/mol. The van der Waals surface area contributed by atoms with E-state index in [1.54, 1.807) is 6.92 Å². The molecule has 0 atom stereocenters. The maximum absolute atomic E-state index is 9.56. The van der Waals surface area contributed by atoms with Crippen molar-refractivity contribution in [1.82, 2.24) is 5.32 Å². The number of hydrogen-bond acceptors (Lipinski definition) is 4. The van der Waals surface area contributed by atoms with E-state index in [-0.39, 0.29) is 13.2 Å². The van der Waals surface area contributed by atoms with E-state index in [9.17, 15) is 10.2 Å². The molecule has 3 N–H and O–H groups in total. The highest BCUT2D eigenvalue weighted by Crippen LogP contribution is 2.35. The molecule has 3 aromatic carbocycles. The molecule has 0 fully saturated rings. The van der Waals surface area contributed by atoms with Crippen LogP contribution >= 0.6 is 0 Å². The van der Waals surface area contributed by atoms with E-state index in [0.29, 0.717) is 6.54 Å². The first-order valence-electron chi connectivity index (χ1n) is 8.44. The number of benzene rings is 3. The molecule has 1 heterocycles. The SMILES string of the molecule is CC(CO)(CO)NCc1c2ccccc2cc2c1oc1ccccc12. The number of rotatable bonds is 5. The lowest BCUT2D eigenvalue weighted by Crippen LogP contribution is -2.48. The molecule has 4 nitrogen and oxygen atoms in total. The normalized spacial score (nSPS) is 12.4. The average molecular weight is 335 g/mol. The van der Waals surface area contributed by atoms with Crippen LogP contribution in [0.25, 0.3) is 32.7 Å². The minimum absolute atomic E-state index is 0.141. The van der Waals surface area contributed by atoms with E-state index in [1.807, 2.05) is 30.3 Å². The highest BCUT2D eigenvalue weighted by molar-refractivity contribution is 6.12. The Hall–Kier alpha value is -2.40. The third-order valence-electron chi connectivity index (χ3n) is 4.88. The Morgan fingerprint density at radius 3 is 2.36 bits per heavy atom. The molecule has 0 aliphatic heterocycles. The number of aliphatic hydroxyl groups excluding tert-OH is 2. The Kier molecular flexibility index (Phi) is 3.96. The Bertz CT molecular complexity index is 1050. The second-order valence-corrected chi connectivity index (χ2v) is 6.78. The van der Waals surface area contributed by atoms with Crippen LogP contribution in [0.4, 0.5) is 0 Å². The van der Waals surface area contributed by atoms with Crippen molar-refractivity contribution >= 4 is 32.7 Å². The number of fused-ring (bicyclic) bond motifs is 4. The molecule has 0 radical (unpaired) electrons. The van der Waals surface area contributed by atoms with Gasteiger partial charge in [-0.15, -0.1) is 0 Å². The Labute approximate surface area is 145 Å². The van der Waals surface area contributed by atoms with Crippen LogP contribution in [0.15, 0.2) is 59.0 Å². The lowest BCUT2D eigenvalue weighted by molar-refractivity contribution is 0.103. The van der Waals surface area contributed by atoms with Gasteiger partial charge in [-0.25, -0.2) is 0 Å². The molecule has 0 aliphatic carbocycles. The van der Waals surface area contributed by atoms with E-state index in [1.165, 1.54) is 0 Å². The van der Waals surface area contributed by atoms with E-state index >= 15 is 0 Å². The molecule has 4 rings (SSSR count). The van der Waals surface area contributed by atoms with Gasteiger partial charge in [-0.2, -0.15) is 0 Å². The largest absolute Gasteiger partial charge is 0.456 e. The molecule has 128 valence electrons. The van der Waals surface area contributed by atoms with Gasteiger partial charge in [-0.05, 0) is 29.8 Å². The smallest absolute Gasteiger partial charge is 0.140 e. The summed E-state index contributed by atoms with van der Waals surface area (Å²) in [5.74, 6) is 0. The number of aliphatic hydroxyl groups is 2. The molecule has 4 heteroatoms. The Balaban J connectivity index is 1.95. The van der Waals surface area contributed by atoms with Crippen LogP contribution in [-0.4, -0.2) is 29.0 Å². The van der Waals surface area contributed by atoms with Crippen LogP contribution in [0.5, 0.6) is 0 Å². The molecule has 0 saturated heterocycles. The van der Waals surface area contributed by atoms with Crippen LogP contribution in [0.1, 0.15) is 12.5 Å². The molecule has 25 heavy (non-hydrogen) atoms. The van der Waals surface area contributed by atoms with Crippen molar-refractivity contribution < 1.29 is 14.6 Å². The van der Waals surface area contributed by atoms with Gasteiger partial charge in [0.05, 0.1) is 18.8 Å². The van der Waals surface area contributed by atoms with Gasteiger partial charge in [0.15, 0.2) is 0 Å². The topological polar surface area (TPSA) is 65.6 Å². The summed E-state index contributed by atoms with van der Waals surface area (Å²) in [6, 6.07) is 18.4. The molecule has 0 unspecified atom stereocenters. The van der Waals surface area contributed by atoms with Crippen LogP contribution in [0, 0.1) is 0 Å². The zero-order valence-corrected chi connectivity index (χ0v) is 14.1. The highest BCUT2D eigenvalue weighted by atomic mass is 16.3. The zero-order valence-electron chi connectivity index (χ0n) is 14.1.